The lowest BCUT2D eigenvalue weighted by Gasteiger charge is -2.50. The van der Waals surface area contributed by atoms with Crippen molar-refractivity contribution in [3.63, 3.8) is 0 Å². The molecule has 0 aromatic heterocycles. The van der Waals surface area contributed by atoms with Crippen LogP contribution >= 0.6 is 11.6 Å². The fourth-order valence-electron chi connectivity index (χ4n) is 6.60. The largest absolute Gasteiger partial charge is 0.381 e. The van der Waals surface area contributed by atoms with E-state index in [1.54, 1.807) is 0 Å². The second-order valence-corrected chi connectivity index (χ2v) is 9.10. The van der Waals surface area contributed by atoms with Gasteiger partial charge in [0.05, 0.1) is 5.54 Å². The molecule has 2 spiro atoms. The number of rotatable bonds is 0. The molecule has 3 heterocycles. The molecular formula is C18H24ClN3O. The van der Waals surface area contributed by atoms with Gasteiger partial charge in [-0.2, -0.15) is 0 Å². The van der Waals surface area contributed by atoms with Crippen molar-refractivity contribution in [3.8, 4) is 0 Å². The maximum absolute atomic E-state index is 10.7. The smallest absolute Gasteiger partial charge is 0.129 e. The summed E-state index contributed by atoms with van der Waals surface area (Å²) in [5.41, 5.74) is 4.76. The molecule has 0 amide bonds. The third-order valence-electron chi connectivity index (χ3n) is 7.82. The summed E-state index contributed by atoms with van der Waals surface area (Å²) in [6.45, 7) is 0.931. The molecule has 6 atom stereocenters. The van der Waals surface area contributed by atoms with E-state index in [1.807, 2.05) is 0 Å². The highest BCUT2D eigenvalue weighted by molar-refractivity contribution is 6.20. The highest BCUT2D eigenvalue weighted by atomic mass is 35.5. The molecule has 0 radical (unpaired) electrons. The molecule has 3 fully saturated rings. The topological polar surface area (TPSA) is 56.3 Å². The highest BCUT2D eigenvalue weighted by Gasteiger charge is 2.76. The number of halogens is 1. The van der Waals surface area contributed by atoms with Crippen LogP contribution in [-0.2, 0) is 0 Å². The number of hydrogen-bond acceptors (Lipinski definition) is 4. The Labute approximate surface area is 141 Å². The minimum atomic E-state index is -0.445. The highest BCUT2D eigenvalue weighted by Crippen LogP contribution is 2.72. The van der Waals surface area contributed by atoms with Crippen LogP contribution in [0.1, 0.15) is 38.5 Å². The second-order valence-electron chi connectivity index (χ2n) is 8.57. The van der Waals surface area contributed by atoms with E-state index in [9.17, 15) is 5.11 Å². The summed E-state index contributed by atoms with van der Waals surface area (Å²) < 4.78 is 0. The van der Waals surface area contributed by atoms with Crippen LogP contribution in [0.25, 0.3) is 0 Å². The summed E-state index contributed by atoms with van der Waals surface area (Å²) in [7, 11) is 0. The zero-order valence-corrected chi connectivity index (χ0v) is 14.0. The van der Waals surface area contributed by atoms with E-state index in [1.165, 1.54) is 48.9 Å². The molecule has 6 rings (SSSR count). The van der Waals surface area contributed by atoms with Gasteiger partial charge in [0.2, 0.25) is 0 Å². The van der Waals surface area contributed by atoms with Crippen LogP contribution in [0.3, 0.4) is 0 Å². The number of fused-ring (bicyclic) bond motifs is 4. The Hall–Kier alpha value is -0.710. The van der Waals surface area contributed by atoms with Crippen LogP contribution < -0.4 is 16.0 Å². The zero-order chi connectivity index (χ0) is 15.4. The summed E-state index contributed by atoms with van der Waals surface area (Å²) in [6, 6.07) is 0. The number of hydrogen-bond donors (Lipinski definition) is 4. The van der Waals surface area contributed by atoms with Gasteiger partial charge in [0.25, 0.3) is 0 Å². The lowest BCUT2D eigenvalue weighted by atomic mass is 9.63. The molecule has 23 heavy (non-hydrogen) atoms. The van der Waals surface area contributed by atoms with Crippen LogP contribution in [0.5, 0.6) is 0 Å². The van der Waals surface area contributed by atoms with E-state index in [0.717, 1.165) is 13.0 Å². The molecule has 3 aliphatic carbocycles. The predicted octanol–water partition coefficient (Wildman–Crippen LogP) is 1.77. The van der Waals surface area contributed by atoms with E-state index in [4.69, 9.17) is 11.6 Å². The summed E-state index contributed by atoms with van der Waals surface area (Å²) >= 11 is 6.42. The van der Waals surface area contributed by atoms with Gasteiger partial charge in [-0.15, -0.1) is 0 Å². The summed E-state index contributed by atoms with van der Waals surface area (Å²) in [5, 5.41) is 21.4. The molecule has 4 nitrogen and oxygen atoms in total. The average molecular weight is 334 g/mol. The molecule has 4 N–H and O–H groups in total. The molecule has 6 aliphatic rings. The quantitative estimate of drug-likeness (QED) is 0.403. The Morgan fingerprint density at radius 3 is 2.96 bits per heavy atom. The van der Waals surface area contributed by atoms with Crippen molar-refractivity contribution in [1.29, 1.82) is 0 Å². The molecule has 6 unspecified atom stereocenters. The van der Waals surface area contributed by atoms with Crippen molar-refractivity contribution in [2.24, 2.45) is 23.2 Å². The van der Waals surface area contributed by atoms with Crippen LogP contribution in [0.4, 0.5) is 0 Å². The Morgan fingerprint density at radius 2 is 2.17 bits per heavy atom. The molecule has 0 bridgehead atoms. The SMILES string of the molecule is OC1NCC2(CCC2)C2=C1C1C3CCC4=CNC(Cl)CC4C31N2. The van der Waals surface area contributed by atoms with Crippen LogP contribution in [-0.4, -0.2) is 28.9 Å². The Morgan fingerprint density at radius 1 is 1.30 bits per heavy atom. The Balaban J connectivity index is 1.44. The average Bonchev–Trinajstić information content (AvgIpc) is 3.01. The summed E-state index contributed by atoms with van der Waals surface area (Å²) in [4.78, 5) is 0. The molecule has 0 aromatic rings. The van der Waals surface area contributed by atoms with Crippen molar-refractivity contribution in [2.75, 3.05) is 6.54 Å². The van der Waals surface area contributed by atoms with Gasteiger partial charge < -0.3 is 15.7 Å². The molecule has 5 heteroatoms. The molecule has 124 valence electrons. The van der Waals surface area contributed by atoms with Gasteiger partial charge in [-0.25, -0.2) is 0 Å². The van der Waals surface area contributed by atoms with Gasteiger partial charge in [0.1, 0.15) is 11.7 Å². The van der Waals surface area contributed by atoms with E-state index in [0.29, 0.717) is 17.8 Å². The minimum absolute atomic E-state index is 0.0401. The lowest BCUT2D eigenvalue weighted by Crippen LogP contribution is -2.55. The van der Waals surface area contributed by atoms with Gasteiger partial charge in [0.15, 0.2) is 0 Å². The number of alkyl halides is 1. The fraction of sp³-hybridized carbons (Fsp3) is 0.778. The first-order chi connectivity index (χ1) is 11.2. The minimum Gasteiger partial charge on any atom is -0.381 e. The monoisotopic (exact) mass is 333 g/mol. The van der Waals surface area contributed by atoms with E-state index < -0.39 is 6.23 Å². The molecular weight excluding hydrogens is 310 g/mol. The molecule has 3 aliphatic heterocycles. The first-order valence-electron chi connectivity index (χ1n) is 9.19. The van der Waals surface area contributed by atoms with E-state index >= 15 is 0 Å². The van der Waals surface area contributed by atoms with Crippen LogP contribution in [0.2, 0.25) is 0 Å². The van der Waals surface area contributed by atoms with Gasteiger partial charge in [-0.05, 0) is 55.4 Å². The second kappa shape index (κ2) is 4.09. The number of nitrogens with one attached hydrogen (secondary N) is 3. The molecule has 3 saturated carbocycles. The van der Waals surface area contributed by atoms with Crippen LogP contribution in [0, 0.1) is 23.2 Å². The predicted molar refractivity (Wildman–Crippen MR) is 88.4 cm³/mol. The van der Waals surface area contributed by atoms with Crippen molar-refractivity contribution in [2.45, 2.75) is 55.8 Å². The van der Waals surface area contributed by atoms with Gasteiger partial charge >= 0.3 is 0 Å². The van der Waals surface area contributed by atoms with E-state index in [-0.39, 0.29) is 16.5 Å². The number of aliphatic hydroxyl groups excluding tert-OH is 1. The molecule has 0 aromatic carbocycles. The Kier molecular flexibility index (Phi) is 2.41. The number of aliphatic hydroxyl groups is 1. The maximum atomic E-state index is 10.7. The van der Waals surface area contributed by atoms with Gasteiger partial charge in [-0.1, -0.05) is 18.0 Å². The lowest BCUT2D eigenvalue weighted by molar-refractivity contribution is 0.0820. The van der Waals surface area contributed by atoms with E-state index in [2.05, 4.69) is 22.2 Å². The van der Waals surface area contributed by atoms with Crippen molar-refractivity contribution < 1.29 is 5.11 Å². The first kappa shape index (κ1) is 13.6. The van der Waals surface area contributed by atoms with Crippen LogP contribution in [0.15, 0.2) is 23.0 Å². The molecule has 0 saturated heterocycles. The maximum Gasteiger partial charge on any atom is 0.129 e. The fourth-order valence-corrected chi connectivity index (χ4v) is 6.84. The van der Waals surface area contributed by atoms with Crippen molar-refractivity contribution in [3.05, 3.63) is 23.0 Å². The summed E-state index contributed by atoms with van der Waals surface area (Å²) in [5.74, 6) is 1.75. The van der Waals surface area contributed by atoms with Crippen molar-refractivity contribution in [1.82, 2.24) is 16.0 Å². The van der Waals surface area contributed by atoms with Crippen molar-refractivity contribution >= 4 is 11.6 Å². The Bertz CT molecular complexity index is 655. The van der Waals surface area contributed by atoms with Gasteiger partial charge in [0, 0.05) is 29.5 Å². The first-order valence-corrected chi connectivity index (χ1v) is 9.63. The zero-order valence-electron chi connectivity index (χ0n) is 13.2. The normalized spacial score (nSPS) is 51.4. The summed E-state index contributed by atoms with van der Waals surface area (Å²) in [6.07, 6.45) is 9.01. The third-order valence-corrected chi connectivity index (χ3v) is 8.12. The van der Waals surface area contributed by atoms with Gasteiger partial charge in [-0.3, -0.25) is 5.32 Å². The third kappa shape index (κ3) is 1.44. The standard InChI is InChI=1S/C18H24ClN3O/c19-12-6-11-9(7-20-12)2-3-10-14-13-15(22-18(10,11)14)17(4-1-5-17)8-21-16(13)23/h7,10-12,14,16,20-23H,1-6,8H2.